The monoisotopic (exact) mass is 313 g/mol. The average molecular weight is 314 g/mol. The molecule has 0 radical (unpaired) electrons. The first-order chi connectivity index (χ1) is 9.65. The normalized spacial score (nSPS) is 18.9. The number of halogens is 1. The lowest BCUT2D eigenvalue weighted by Gasteiger charge is -2.34. The number of thioether (sulfide) groups is 2. The molecule has 1 aliphatic rings. The van der Waals surface area contributed by atoms with Gasteiger partial charge in [0, 0.05) is 22.2 Å². The summed E-state index contributed by atoms with van der Waals surface area (Å²) in [5.41, 5.74) is 1.14. The molecule has 1 atom stereocenters. The van der Waals surface area contributed by atoms with Crippen molar-refractivity contribution in [3.05, 3.63) is 29.6 Å². The van der Waals surface area contributed by atoms with Gasteiger partial charge in [-0.15, -0.1) is 11.8 Å². The molecule has 1 heterocycles. The summed E-state index contributed by atoms with van der Waals surface area (Å²) in [5.74, 6) is 0.928. The largest absolute Gasteiger partial charge is 0.308 e. The molecule has 0 amide bonds. The molecule has 0 saturated carbocycles. The van der Waals surface area contributed by atoms with E-state index < -0.39 is 0 Å². The Morgan fingerprint density at radius 1 is 1.40 bits per heavy atom. The zero-order valence-electron chi connectivity index (χ0n) is 12.5. The minimum absolute atomic E-state index is 0.0684. The molecule has 1 nitrogen and oxygen atoms in total. The van der Waals surface area contributed by atoms with Crippen molar-refractivity contribution in [1.29, 1.82) is 0 Å². The Balaban J connectivity index is 2.11. The summed E-state index contributed by atoms with van der Waals surface area (Å²) in [6.45, 7) is 5.50. The molecular weight excluding hydrogens is 289 g/mol. The van der Waals surface area contributed by atoms with Crippen molar-refractivity contribution in [2.75, 3.05) is 18.6 Å². The van der Waals surface area contributed by atoms with E-state index in [0.717, 1.165) is 42.0 Å². The molecule has 1 aromatic carbocycles. The predicted octanol–water partition coefficient (Wildman–Crippen LogP) is 4.87. The molecule has 0 spiro atoms. The van der Waals surface area contributed by atoms with E-state index in [2.05, 4.69) is 31.5 Å². The molecule has 0 aromatic heterocycles. The van der Waals surface area contributed by atoms with Gasteiger partial charge < -0.3 is 5.32 Å². The Kier molecular flexibility index (Phi) is 5.82. The average Bonchev–Trinajstić information content (AvgIpc) is 2.50. The lowest BCUT2D eigenvalue weighted by Crippen LogP contribution is -2.39. The van der Waals surface area contributed by atoms with Crippen molar-refractivity contribution in [2.45, 2.75) is 48.8 Å². The van der Waals surface area contributed by atoms with E-state index in [9.17, 15) is 4.39 Å². The highest BCUT2D eigenvalue weighted by Gasteiger charge is 2.28. The molecule has 0 aliphatic carbocycles. The number of fused-ring (bicyclic) bond motifs is 1. The maximum absolute atomic E-state index is 13.9. The summed E-state index contributed by atoms with van der Waals surface area (Å²) in [6, 6.07) is 5.77. The van der Waals surface area contributed by atoms with Gasteiger partial charge in [0.15, 0.2) is 0 Å². The summed E-state index contributed by atoms with van der Waals surface area (Å²) < 4.78 is 14.2. The van der Waals surface area contributed by atoms with Gasteiger partial charge in [-0.05, 0) is 42.9 Å². The molecule has 0 saturated heterocycles. The van der Waals surface area contributed by atoms with Crippen LogP contribution in [0.3, 0.4) is 0 Å². The van der Waals surface area contributed by atoms with Crippen LogP contribution in [0.25, 0.3) is 0 Å². The number of hydrogen-bond donors (Lipinski definition) is 1. The summed E-state index contributed by atoms with van der Waals surface area (Å²) in [4.78, 5) is 0.846. The Bertz CT molecular complexity index is 438. The van der Waals surface area contributed by atoms with Gasteiger partial charge in [-0.2, -0.15) is 11.8 Å². The zero-order chi connectivity index (χ0) is 14.6. The predicted molar refractivity (Wildman–Crippen MR) is 89.3 cm³/mol. The molecule has 1 N–H and O–H groups in total. The Hall–Kier alpha value is -0.190. The van der Waals surface area contributed by atoms with Crippen LogP contribution in [0.2, 0.25) is 0 Å². The van der Waals surface area contributed by atoms with Crippen molar-refractivity contribution >= 4 is 23.5 Å². The third-order valence-electron chi connectivity index (χ3n) is 4.42. The molecule has 4 heteroatoms. The highest BCUT2D eigenvalue weighted by atomic mass is 32.2. The van der Waals surface area contributed by atoms with Gasteiger partial charge in [-0.1, -0.05) is 26.0 Å². The third kappa shape index (κ3) is 3.34. The number of benzene rings is 1. The lowest BCUT2D eigenvalue weighted by atomic mass is 9.99. The molecule has 0 fully saturated rings. The van der Waals surface area contributed by atoms with E-state index in [4.69, 9.17) is 0 Å². The van der Waals surface area contributed by atoms with Crippen LogP contribution < -0.4 is 5.32 Å². The molecule has 2 rings (SSSR count). The van der Waals surface area contributed by atoms with E-state index in [1.807, 2.05) is 17.8 Å². The molecule has 1 unspecified atom stereocenters. The first-order valence-corrected chi connectivity index (χ1v) is 9.56. The maximum Gasteiger partial charge on any atom is 0.137 e. The number of rotatable bonds is 6. The van der Waals surface area contributed by atoms with Crippen molar-refractivity contribution < 1.29 is 4.39 Å². The van der Waals surface area contributed by atoms with Crippen LogP contribution in [0.4, 0.5) is 4.39 Å². The van der Waals surface area contributed by atoms with Crippen molar-refractivity contribution in [3.63, 3.8) is 0 Å². The van der Waals surface area contributed by atoms with E-state index in [-0.39, 0.29) is 5.82 Å². The third-order valence-corrected chi connectivity index (χ3v) is 7.17. The van der Waals surface area contributed by atoms with Crippen molar-refractivity contribution in [2.24, 2.45) is 0 Å². The van der Waals surface area contributed by atoms with E-state index >= 15 is 0 Å². The van der Waals surface area contributed by atoms with Gasteiger partial charge in [0.1, 0.15) is 5.82 Å². The SMILES string of the molecule is CCC(CC)(CNC1CCSc2c(F)cccc21)SC. The molecule has 1 aliphatic heterocycles. The summed E-state index contributed by atoms with van der Waals surface area (Å²) >= 11 is 3.60. The van der Waals surface area contributed by atoms with Crippen LogP contribution in [0.5, 0.6) is 0 Å². The summed E-state index contributed by atoms with van der Waals surface area (Å²) in [7, 11) is 0. The lowest BCUT2D eigenvalue weighted by molar-refractivity contribution is 0.430. The minimum atomic E-state index is -0.0684. The van der Waals surface area contributed by atoms with Crippen LogP contribution in [0.1, 0.15) is 44.7 Å². The first-order valence-electron chi connectivity index (χ1n) is 7.35. The Morgan fingerprint density at radius 2 is 2.15 bits per heavy atom. The van der Waals surface area contributed by atoms with Crippen LogP contribution in [0.15, 0.2) is 23.1 Å². The van der Waals surface area contributed by atoms with E-state index in [0.29, 0.717) is 10.8 Å². The zero-order valence-corrected chi connectivity index (χ0v) is 14.2. The maximum atomic E-state index is 13.9. The van der Waals surface area contributed by atoms with Gasteiger partial charge in [0.25, 0.3) is 0 Å². The Labute approximate surface area is 130 Å². The summed E-state index contributed by atoms with van der Waals surface area (Å²) in [6.07, 6.45) is 5.60. The molecule has 1 aromatic rings. The second kappa shape index (κ2) is 7.19. The van der Waals surface area contributed by atoms with Gasteiger partial charge >= 0.3 is 0 Å². The van der Waals surface area contributed by atoms with Gasteiger partial charge in [-0.25, -0.2) is 4.39 Å². The summed E-state index contributed by atoms with van der Waals surface area (Å²) in [5, 5.41) is 3.70. The molecule has 112 valence electrons. The van der Waals surface area contributed by atoms with Crippen LogP contribution >= 0.6 is 23.5 Å². The first kappa shape index (κ1) is 16.2. The van der Waals surface area contributed by atoms with E-state index in [1.165, 1.54) is 0 Å². The standard InChI is InChI=1S/C16H24FNS2/c1-4-16(5-2,19-3)11-18-14-9-10-20-15-12(14)7-6-8-13(15)17/h6-8,14,18H,4-5,9-11H2,1-3H3. The molecule has 0 bridgehead atoms. The second-order valence-electron chi connectivity index (χ2n) is 5.32. The fraction of sp³-hybridized carbons (Fsp3) is 0.625. The van der Waals surface area contributed by atoms with Gasteiger partial charge in [-0.3, -0.25) is 0 Å². The van der Waals surface area contributed by atoms with Crippen molar-refractivity contribution in [3.8, 4) is 0 Å². The van der Waals surface area contributed by atoms with Gasteiger partial charge in [0.2, 0.25) is 0 Å². The number of hydrogen-bond acceptors (Lipinski definition) is 3. The van der Waals surface area contributed by atoms with E-state index in [1.54, 1.807) is 17.8 Å². The van der Waals surface area contributed by atoms with Crippen LogP contribution in [-0.4, -0.2) is 23.3 Å². The fourth-order valence-electron chi connectivity index (χ4n) is 2.77. The van der Waals surface area contributed by atoms with Crippen LogP contribution in [0, 0.1) is 5.82 Å². The smallest absolute Gasteiger partial charge is 0.137 e. The van der Waals surface area contributed by atoms with Crippen molar-refractivity contribution in [1.82, 2.24) is 5.32 Å². The second-order valence-corrected chi connectivity index (χ2v) is 7.70. The Morgan fingerprint density at radius 3 is 2.80 bits per heavy atom. The molecular formula is C16H24FNS2. The number of nitrogens with one attached hydrogen (secondary N) is 1. The highest BCUT2D eigenvalue weighted by molar-refractivity contribution is 8.00. The minimum Gasteiger partial charge on any atom is -0.308 e. The highest BCUT2D eigenvalue weighted by Crippen LogP contribution is 2.38. The topological polar surface area (TPSA) is 12.0 Å². The van der Waals surface area contributed by atoms with Gasteiger partial charge in [0.05, 0.1) is 0 Å². The van der Waals surface area contributed by atoms with Crippen LogP contribution in [-0.2, 0) is 0 Å². The fourth-order valence-corrected chi connectivity index (χ4v) is 4.71. The quantitative estimate of drug-likeness (QED) is 0.804. The molecule has 20 heavy (non-hydrogen) atoms.